The predicted molar refractivity (Wildman–Crippen MR) is 58.8 cm³/mol. The first kappa shape index (κ1) is 10.1. The molecule has 0 saturated carbocycles. The molecule has 2 rings (SSSR count). The SMILES string of the molecule is NC(=O)c1cccc(-c2ccc(=O)[nH]n2)c1. The standard InChI is InChI=1S/C11H9N3O2/c12-11(16)8-3-1-2-7(6-8)9-4-5-10(15)14-13-9/h1-6H,(H2,12,16)(H,14,15). The minimum Gasteiger partial charge on any atom is -0.366 e. The van der Waals surface area contributed by atoms with E-state index in [9.17, 15) is 9.59 Å². The number of primary amides is 1. The highest BCUT2D eigenvalue weighted by atomic mass is 16.1. The van der Waals surface area contributed by atoms with Gasteiger partial charge in [-0.15, -0.1) is 0 Å². The number of nitrogens with two attached hydrogens (primary N) is 1. The summed E-state index contributed by atoms with van der Waals surface area (Å²) in [5.41, 5.74) is 6.62. The quantitative estimate of drug-likeness (QED) is 0.766. The van der Waals surface area contributed by atoms with Crippen LogP contribution in [0.4, 0.5) is 0 Å². The molecule has 1 aromatic heterocycles. The van der Waals surface area contributed by atoms with Crippen LogP contribution in [0, 0.1) is 0 Å². The summed E-state index contributed by atoms with van der Waals surface area (Å²) in [5, 5.41) is 6.18. The molecule has 0 fully saturated rings. The Morgan fingerprint density at radius 3 is 2.69 bits per heavy atom. The van der Waals surface area contributed by atoms with Gasteiger partial charge in [0, 0.05) is 17.2 Å². The molecule has 16 heavy (non-hydrogen) atoms. The molecule has 0 bridgehead atoms. The van der Waals surface area contributed by atoms with Gasteiger partial charge in [0.15, 0.2) is 0 Å². The zero-order valence-electron chi connectivity index (χ0n) is 8.31. The van der Waals surface area contributed by atoms with Gasteiger partial charge in [-0.3, -0.25) is 9.59 Å². The van der Waals surface area contributed by atoms with E-state index in [1.54, 1.807) is 30.3 Å². The number of carbonyl (C=O) groups excluding carboxylic acids is 1. The third kappa shape index (κ3) is 1.98. The molecule has 0 saturated heterocycles. The summed E-state index contributed by atoms with van der Waals surface area (Å²) in [7, 11) is 0. The van der Waals surface area contributed by atoms with Crippen molar-refractivity contribution in [2.24, 2.45) is 5.73 Å². The van der Waals surface area contributed by atoms with Crippen molar-refractivity contribution in [3.63, 3.8) is 0 Å². The Hall–Kier alpha value is -2.43. The molecule has 0 aliphatic rings. The van der Waals surface area contributed by atoms with Gasteiger partial charge in [-0.05, 0) is 18.2 Å². The summed E-state index contributed by atoms with van der Waals surface area (Å²) in [6.45, 7) is 0. The van der Waals surface area contributed by atoms with Crippen molar-refractivity contribution >= 4 is 5.91 Å². The topological polar surface area (TPSA) is 88.8 Å². The fraction of sp³-hybridized carbons (Fsp3) is 0. The molecule has 1 heterocycles. The lowest BCUT2D eigenvalue weighted by atomic mass is 10.1. The van der Waals surface area contributed by atoms with Gasteiger partial charge in [0.05, 0.1) is 5.69 Å². The number of H-pyrrole nitrogens is 1. The second-order valence-electron chi connectivity index (χ2n) is 3.25. The van der Waals surface area contributed by atoms with E-state index in [-0.39, 0.29) is 5.56 Å². The van der Waals surface area contributed by atoms with Gasteiger partial charge in [0.25, 0.3) is 5.56 Å². The van der Waals surface area contributed by atoms with Gasteiger partial charge >= 0.3 is 0 Å². The summed E-state index contributed by atoms with van der Waals surface area (Å²) >= 11 is 0. The van der Waals surface area contributed by atoms with Gasteiger partial charge < -0.3 is 5.73 Å². The number of carbonyl (C=O) groups is 1. The summed E-state index contributed by atoms with van der Waals surface area (Å²) in [4.78, 5) is 21.8. The number of aromatic nitrogens is 2. The number of benzene rings is 1. The summed E-state index contributed by atoms with van der Waals surface area (Å²) in [6, 6.07) is 9.70. The molecule has 0 spiro atoms. The van der Waals surface area contributed by atoms with Crippen molar-refractivity contribution in [2.45, 2.75) is 0 Å². The second kappa shape index (κ2) is 3.98. The van der Waals surface area contributed by atoms with Crippen LogP contribution in [-0.4, -0.2) is 16.1 Å². The van der Waals surface area contributed by atoms with Crippen LogP contribution >= 0.6 is 0 Å². The van der Waals surface area contributed by atoms with Crippen molar-refractivity contribution in [2.75, 3.05) is 0 Å². The van der Waals surface area contributed by atoms with Crippen molar-refractivity contribution in [1.82, 2.24) is 10.2 Å². The lowest BCUT2D eigenvalue weighted by Crippen LogP contribution is -2.11. The van der Waals surface area contributed by atoms with Crippen LogP contribution in [0.5, 0.6) is 0 Å². The Bertz CT molecular complexity index is 569. The molecular weight excluding hydrogens is 206 g/mol. The largest absolute Gasteiger partial charge is 0.366 e. The Balaban J connectivity index is 2.48. The zero-order chi connectivity index (χ0) is 11.5. The Morgan fingerprint density at radius 1 is 1.25 bits per heavy atom. The Kier molecular flexibility index (Phi) is 2.51. The summed E-state index contributed by atoms with van der Waals surface area (Å²) < 4.78 is 0. The van der Waals surface area contributed by atoms with E-state index in [0.29, 0.717) is 11.3 Å². The smallest absolute Gasteiger partial charge is 0.264 e. The summed E-state index contributed by atoms with van der Waals surface area (Å²) in [6.07, 6.45) is 0. The number of hydrogen-bond donors (Lipinski definition) is 2. The van der Waals surface area contributed by atoms with Crippen LogP contribution in [0.25, 0.3) is 11.3 Å². The van der Waals surface area contributed by atoms with E-state index >= 15 is 0 Å². The van der Waals surface area contributed by atoms with E-state index in [1.807, 2.05) is 0 Å². The highest BCUT2D eigenvalue weighted by Gasteiger charge is 2.03. The molecule has 5 heteroatoms. The van der Waals surface area contributed by atoms with Crippen LogP contribution in [0.2, 0.25) is 0 Å². The van der Waals surface area contributed by atoms with Gasteiger partial charge in [-0.2, -0.15) is 5.10 Å². The van der Waals surface area contributed by atoms with Crippen LogP contribution < -0.4 is 11.3 Å². The number of nitrogens with one attached hydrogen (secondary N) is 1. The van der Waals surface area contributed by atoms with Gasteiger partial charge in [-0.25, -0.2) is 5.10 Å². The highest BCUT2D eigenvalue weighted by Crippen LogP contribution is 2.16. The van der Waals surface area contributed by atoms with Crippen molar-refractivity contribution in [3.05, 3.63) is 52.3 Å². The number of hydrogen-bond acceptors (Lipinski definition) is 3. The number of aromatic amines is 1. The zero-order valence-corrected chi connectivity index (χ0v) is 8.31. The second-order valence-corrected chi connectivity index (χ2v) is 3.25. The molecule has 2 aromatic rings. The Labute approximate surface area is 90.9 Å². The van der Waals surface area contributed by atoms with Gasteiger partial charge in [0.2, 0.25) is 5.91 Å². The van der Waals surface area contributed by atoms with Gasteiger partial charge in [0.1, 0.15) is 0 Å². The third-order valence-electron chi connectivity index (χ3n) is 2.12. The van der Waals surface area contributed by atoms with E-state index in [4.69, 9.17) is 5.73 Å². The first-order valence-electron chi connectivity index (χ1n) is 4.63. The van der Waals surface area contributed by atoms with Crippen LogP contribution in [0.3, 0.4) is 0 Å². The Morgan fingerprint density at radius 2 is 2.06 bits per heavy atom. The van der Waals surface area contributed by atoms with E-state index in [2.05, 4.69) is 10.2 Å². The molecule has 5 nitrogen and oxygen atoms in total. The molecule has 1 amide bonds. The molecule has 1 aromatic carbocycles. The molecule has 0 radical (unpaired) electrons. The first-order valence-corrected chi connectivity index (χ1v) is 4.63. The maximum absolute atomic E-state index is 11.0. The fourth-order valence-corrected chi connectivity index (χ4v) is 1.34. The molecule has 0 atom stereocenters. The number of nitrogens with zero attached hydrogens (tertiary/aromatic N) is 1. The minimum atomic E-state index is -0.494. The normalized spacial score (nSPS) is 10.0. The van der Waals surface area contributed by atoms with Crippen molar-refractivity contribution < 1.29 is 4.79 Å². The monoisotopic (exact) mass is 215 g/mol. The fourth-order valence-electron chi connectivity index (χ4n) is 1.34. The average Bonchev–Trinajstić information content (AvgIpc) is 2.30. The first-order chi connectivity index (χ1) is 7.66. The van der Waals surface area contributed by atoms with Gasteiger partial charge in [-0.1, -0.05) is 12.1 Å². The molecular formula is C11H9N3O2. The average molecular weight is 215 g/mol. The molecule has 0 unspecified atom stereocenters. The van der Waals surface area contributed by atoms with E-state index < -0.39 is 5.91 Å². The minimum absolute atomic E-state index is 0.269. The summed E-state index contributed by atoms with van der Waals surface area (Å²) in [5.74, 6) is -0.494. The van der Waals surface area contributed by atoms with Crippen LogP contribution in [0.15, 0.2) is 41.2 Å². The lowest BCUT2D eigenvalue weighted by Gasteiger charge is -2.01. The van der Waals surface area contributed by atoms with E-state index in [0.717, 1.165) is 5.56 Å². The number of amides is 1. The maximum Gasteiger partial charge on any atom is 0.264 e. The van der Waals surface area contributed by atoms with E-state index in [1.165, 1.54) is 6.07 Å². The van der Waals surface area contributed by atoms with Crippen molar-refractivity contribution in [3.8, 4) is 11.3 Å². The predicted octanol–water partition coefficient (Wildman–Crippen LogP) is 0.536. The van der Waals surface area contributed by atoms with Crippen molar-refractivity contribution in [1.29, 1.82) is 0 Å². The molecule has 0 aliphatic heterocycles. The van der Waals surface area contributed by atoms with Crippen LogP contribution in [-0.2, 0) is 0 Å². The molecule has 80 valence electrons. The van der Waals surface area contributed by atoms with Crippen LogP contribution in [0.1, 0.15) is 10.4 Å². The highest BCUT2D eigenvalue weighted by molar-refractivity contribution is 5.93. The molecule has 3 N–H and O–H groups in total. The molecule has 0 aliphatic carbocycles. The lowest BCUT2D eigenvalue weighted by molar-refractivity contribution is 0.100. The maximum atomic E-state index is 11.0. The number of rotatable bonds is 2. The third-order valence-corrected chi connectivity index (χ3v) is 2.12.